The third-order valence-corrected chi connectivity index (χ3v) is 4.23. The van der Waals surface area contributed by atoms with Gasteiger partial charge < -0.3 is 4.98 Å². The van der Waals surface area contributed by atoms with Crippen molar-refractivity contribution in [3.05, 3.63) is 69.6 Å². The van der Waals surface area contributed by atoms with Gasteiger partial charge in [0.25, 0.3) is 5.56 Å². The molecule has 7 heteroatoms. The van der Waals surface area contributed by atoms with Crippen molar-refractivity contribution in [1.29, 1.82) is 0 Å². The Balaban J connectivity index is 2.09. The van der Waals surface area contributed by atoms with Crippen LogP contribution in [-0.2, 0) is 12.6 Å². The zero-order chi connectivity index (χ0) is 17.3. The first-order chi connectivity index (χ1) is 11.4. The molecule has 3 aromatic rings. The molecule has 0 unspecified atom stereocenters. The number of aromatic amines is 1. The van der Waals surface area contributed by atoms with Gasteiger partial charge in [-0.3, -0.25) is 4.79 Å². The number of halogens is 3. The zero-order valence-corrected chi connectivity index (χ0v) is 13.5. The fraction of sp³-hybridized carbons (Fsp3) is 0.176. The normalized spacial score (nSPS) is 11.8. The third kappa shape index (κ3) is 3.31. The van der Waals surface area contributed by atoms with Crippen LogP contribution in [0.25, 0.3) is 10.8 Å². The Bertz CT molecular complexity index is 950. The van der Waals surface area contributed by atoms with Crippen LogP contribution < -0.4 is 5.56 Å². The monoisotopic (exact) mass is 350 g/mol. The molecule has 3 rings (SSSR count). The Hall–Kier alpha value is -2.28. The van der Waals surface area contributed by atoms with Gasteiger partial charge in [-0.25, -0.2) is 4.98 Å². The number of hydrogen-bond acceptors (Lipinski definition) is 3. The van der Waals surface area contributed by atoms with Crippen molar-refractivity contribution in [3.63, 3.8) is 0 Å². The Morgan fingerprint density at radius 1 is 1.12 bits per heavy atom. The van der Waals surface area contributed by atoms with Gasteiger partial charge in [0.05, 0.1) is 5.56 Å². The number of hydrogen-bond donors (Lipinski definition) is 1. The molecule has 0 aliphatic rings. The number of fused-ring (bicyclic) bond motifs is 1. The number of alkyl halides is 3. The number of benzene rings is 2. The number of nitrogens with zero attached hydrogens (tertiary/aromatic N) is 1. The van der Waals surface area contributed by atoms with E-state index < -0.39 is 17.4 Å². The van der Waals surface area contributed by atoms with Crippen molar-refractivity contribution in [2.45, 2.75) is 17.8 Å². The molecule has 1 aromatic heterocycles. The standard InChI is InChI=1S/C17H13F3N2OS/c1-24-16-21-14(17(18,19)20)13(15(23)22-16)9-10-6-7-11-4-2-3-5-12(11)8-10/h2-8H,9H2,1H3,(H,21,22,23). The summed E-state index contributed by atoms with van der Waals surface area (Å²) in [6.07, 6.45) is -3.25. The lowest BCUT2D eigenvalue weighted by atomic mass is 10.0. The smallest absolute Gasteiger partial charge is 0.301 e. The molecule has 0 saturated carbocycles. The summed E-state index contributed by atoms with van der Waals surface area (Å²) in [5.74, 6) is 0. The Kier molecular flexibility index (Phi) is 4.36. The highest BCUT2D eigenvalue weighted by Crippen LogP contribution is 2.31. The van der Waals surface area contributed by atoms with E-state index in [0.29, 0.717) is 5.56 Å². The number of rotatable bonds is 3. The minimum absolute atomic E-state index is 0.0467. The largest absolute Gasteiger partial charge is 0.433 e. The highest BCUT2D eigenvalue weighted by molar-refractivity contribution is 7.98. The summed E-state index contributed by atoms with van der Waals surface area (Å²) >= 11 is 0.963. The fourth-order valence-electron chi connectivity index (χ4n) is 2.53. The molecule has 24 heavy (non-hydrogen) atoms. The van der Waals surface area contributed by atoms with Crippen LogP contribution in [0.4, 0.5) is 13.2 Å². The predicted octanol–water partition coefficient (Wildman–Crippen LogP) is 4.25. The molecule has 1 heterocycles. The number of thioether (sulfide) groups is 1. The third-order valence-electron chi connectivity index (χ3n) is 3.65. The molecular weight excluding hydrogens is 337 g/mol. The zero-order valence-electron chi connectivity index (χ0n) is 12.6. The van der Waals surface area contributed by atoms with Gasteiger partial charge in [-0.05, 0) is 22.6 Å². The molecular formula is C17H13F3N2OS. The van der Waals surface area contributed by atoms with E-state index >= 15 is 0 Å². The summed E-state index contributed by atoms with van der Waals surface area (Å²) in [6, 6.07) is 12.9. The van der Waals surface area contributed by atoms with Crippen molar-refractivity contribution < 1.29 is 13.2 Å². The SMILES string of the molecule is CSc1nc(C(F)(F)F)c(Cc2ccc3ccccc3c2)c(=O)[nH]1. The van der Waals surface area contributed by atoms with E-state index in [1.165, 1.54) is 0 Å². The molecule has 0 amide bonds. The average Bonchev–Trinajstić information content (AvgIpc) is 2.55. The molecule has 124 valence electrons. The first-order valence-corrected chi connectivity index (χ1v) is 8.33. The lowest BCUT2D eigenvalue weighted by molar-refractivity contribution is -0.142. The fourth-order valence-corrected chi connectivity index (χ4v) is 2.90. The van der Waals surface area contributed by atoms with Crippen LogP contribution in [0.3, 0.4) is 0 Å². The maximum atomic E-state index is 13.3. The maximum absolute atomic E-state index is 13.3. The molecule has 0 bridgehead atoms. The second kappa shape index (κ2) is 6.32. The van der Waals surface area contributed by atoms with E-state index in [-0.39, 0.29) is 17.1 Å². The lowest BCUT2D eigenvalue weighted by Gasteiger charge is -2.12. The van der Waals surface area contributed by atoms with Crippen molar-refractivity contribution in [2.75, 3.05) is 6.26 Å². The van der Waals surface area contributed by atoms with Gasteiger partial charge in [0.15, 0.2) is 10.9 Å². The van der Waals surface area contributed by atoms with Crippen LogP contribution in [-0.4, -0.2) is 16.2 Å². The van der Waals surface area contributed by atoms with E-state index in [0.717, 1.165) is 22.5 Å². The van der Waals surface area contributed by atoms with E-state index in [1.807, 2.05) is 30.3 Å². The van der Waals surface area contributed by atoms with Gasteiger partial charge in [-0.2, -0.15) is 13.2 Å². The van der Waals surface area contributed by atoms with Gasteiger partial charge in [0.1, 0.15) is 0 Å². The quantitative estimate of drug-likeness (QED) is 0.567. The number of aromatic nitrogens is 2. The van der Waals surface area contributed by atoms with Gasteiger partial charge in [-0.15, -0.1) is 0 Å². The molecule has 0 aliphatic carbocycles. The second-order valence-corrected chi connectivity index (χ2v) is 6.05. The first-order valence-electron chi connectivity index (χ1n) is 7.10. The van der Waals surface area contributed by atoms with Crippen LogP contribution in [0, 0.1) is 0 Å². The van der Waals surface area contributed by atoms with Gasteiger partial charge >= 0.3 is 6.18 Å². The molecule has 0 radical (unpaired) electrons. The van der Waals surface area contributed by atoms with Gasteiger partial charge in [-0.1, -0.05) is 54.2 Å². The minimum atomic E-state index is -4.68. The van der Waals surface area contributed by atoms with E-state index in [4.69, 9.17) is 0 Å². The first kappa shape index (κ1) is 16.6. The predicted molar refractivity (Wildman–Crippen MR) is 88.4 cm³/mol. The molecule has 2 aromatic carbocycles. The highest BCUT2D eigenvalue weighted by Gasteiger charge is 2.37. The van der Waals surface area contributed by atoms with Crippen LogP contribution in [0.5, 0.6) is 0 Å². The summed E-state index contributed by atoms with van der Waals surface area (Å²) in [5, 5.41) is 1.85. The summed E-state index contributed by atoms with van der Waals surface area (Å²) in [4.78, 5) is 18.1. The molecule has 0 atom stereocenters. The molecule has 0 spiro atoms. The minimum Gasteiger partial charge on any atom is -0.301 e. The highest BCUT2D eigenvalue weighted by atomic mass is 32.2. The van der Waals surface area contributed by atoms with Crippen LogP contribution in [0.2, 0.25) is 0 Å². The topological polar surface area (TPSA) is 45.8 Å². The molecule has 0 aliphatic heterocycles. The van der Waals surface area contributed by atoms with Crippen molar-refractivity contribution >= 4 is 22.5 Å². The molecule has 1 N–H and O–H groups in total. The lowest BCUT2D eigenvalue weighted by Crippen LogP contribution is -2.24. The van der Waals surface area contributed by atoms with E-state index in [2.05, 4.69) is 9.97 Å². The van der Waals surface area contributed by atoms with Gasteiger partial charge in [0.2, 0.25) is 0 Å². The maximum Gasteiger partial charge on any atom is 0.433 e. The summed E-state index contributed by atoms with van der Waals surface area (Å²) in [5.41, 5.74) is -1.61. The second-order valence-electron chi connectivity index (χ2n) is 5.26. The van der Waals surface area contributed by atoms with E-state index in [1.54, 1.807) is 18.4 Å². The molecule has 3 nitrogen and oxygen atoms in total. The van der Waals surface area contributed by atoms with Crippen LogP contribution >= 0.6 is 11.8 Å². The van der Waals surface area contributed by atoms with E-state index in [9.17, 15) is 18.0 Å². The van der Waals surface area contributed by atoms with Crippen LogP contribution in [0.1, 0.15) is 16.8 Å². The summed E-state index contributed by atoms with van der Waals surface area (Å²) < 4.78 is 39.8. The molecule has 0 fully saturated rings. The van der Waals surface area contributed by atoms with Crippen molar-refractivity contribution in [3.8, 4) is 0 Å². The van der Waals surface area contributed by atoms with Crippen LogP contribution in [0.15, 0.2) is 52.4 Å². The average molecular weight is 350 g/mol. The van der Waals surface area contributed by atoms with Crippen molar-refractivity contribution in [2.24, 2.45) is 0 Å². The summed E-state index contributed by atoms with van der Waals surface area (Å²) in [7, 11) is 0. The van der Waals surface area contributed by atoms with Gasteiger partial charge in [0, 0.05) is 6.42 Å². The summed E-state index contributed by atoms with van der Waals surface area (Å²) in [6.45, 7) is 0. The number of nitrogens with one attached hydrogen (secondary N) is 1. The molecule has 0 saturated heterocycles. The van der Waals surface area contributed by atoms with Crippen molar-refractivity contribution in [1.82, 2.24) is 9.97 Å². The number of H-pyrrole nitrogens is 1. The Morgan fingerprint density at radius 2 is 1.83 bits per heavy atom. The Labute approximate surface area is 139 Å². The Morgan fingerprint density at radius 3 is 2.50 bits per heavy atom.